The summed E-state index contributed by atoms with van der Waals surface area (Å²) in [6, 6.07) is 5.49. The van der Waals surface area contributed by atoms with Crippen molar-refractivity contribution < 1.29 is 23.8 Å². The predicted octanol–water partition coefficient (Wildman–Crippen LogP) is 2.34. The maximum atomic E-state index is 11.9. The first-order valence-corrected chi connectivity index (χ1v) is 8.05. The van der Waals surface area contributed by atoms with Crippen molar-refractivity contribution in [1.82, 2.24) is 5.32 Å². The topological polar surface area (TPSA) is 73.9 Å². The lowest BCUT2D eigenvalue weighted by Crippen LogP contribution is -2.37. The molecule has 0 heterocycles. The molecule has 6 heteroatoms. The van der Waals surface area contributed by atoms with Crippen LogP contribution in [0.25, 0.3) is 0 Å². The molecule has 0 aliphatic heterocycles. The molecule has 1 rings (SSSR count). The smallest absolute Gasteiger partial charge is 0.306 e. The molecule has 1 aromatic carbocycles. The number of rotatable bonds is 9. The number of carbonyl (C=O) groups excluding carboxylic acids is 2. The molecule has 0 aliphatic carbocycles. The van der Waals surface area contributed by atoms with Crippen LogP contribution in [0.2, 0.25) is 0 Å². The lowest BCUT2D eigenvalue weighted by molar-refractivity contribution is -0.154. The van der Waals surface area contributed by atoms with Gasteiger partial charge in [-0.1, -0.05) is 19.9 Å². The number of methoxy groups -OCH3 is 2. The number of ether oxygens (including phenoxy) is 3. The monoisotopic (exact) mass is 337 g/mol. The Kier molecular flexibility index (Phi) is 8.09. The molecule has 1 aromatic rings. The summed E-state index contributed by atoms with van der Waals surface area (Å²) in [5.74, 6) is 0.922. The second-order valence-electron chi connectivity index (χ2n) is 5.96. The number of esters is 1. The van der Waals surface area contributed by atoms with Crippen LogP contribution in [0.3, 0.4) is 0 Å². The fraction of sp³-hybridized carbons (Fsp3) is 0.556. The highest BCUT2D eigenvalue weighted by atomic mass is 16.5. The number of benzene rings is 1. The molecule has 0 unspecified atom stereocenters. The predicted molar refractivity (Wildman–Crippen MR) is 91.3 cm³/mol. The molecule has 0 radical (unpaired) electrons. The van der Waals surface area contributed by atoms with E-state index in [-0.39, 0.29) is 12.3 Å². The van der Waals surface area contributed by atoms with Gasteiger partial charge in [-0.05, 0) is 37.0 Å². The summed E-state index contributed by atoms with van der Waals surface area (Å²) < 4.78 is 15.6. The highest BCUT2D eigenvalue weighted by Crippen LogP contribution is 2.27. The van der Waals surface area contributed by atoms with Gasteiger partial charge >= 0.3 is 5.97 Å². The van der Waals surface area contributed by atoms with E-state index in [4.69, 9.17) is 14.2 Å². The van der Waals surface area contributed by atoms with E-state index in [9.17, 15) is 9.59 Å². The van der Waals surface area contributed by atoms with Crippen LogP contribution in [0.1, 0.15) is 32.8 Å². The molecular weight excluding hydrogens is 310 g/mol. The summed E-state index contributed by atoms with van der Waals surface area (Å²) in [6.07, 6.45) is -0.0989. The van der Waals surface area contributed by atoms with Gasteiger partial charge in [0.25, 0.3) is 5.91 Å². The van der Waals surface area contributed by atoms with Crippen molar-refractivity contribution in [1.29, 1.82) is 0 Å². The van der Waals surface area contributed by atoms with Crippen molar-refractivity contribution in [3.8, 4) is 11.5 Å². The summed E-state index contributed by atoms with van der Waals surface area (Å²) in [7, 11) is 3.13. The van der Waals surface area contributed by atoms with Crippen LogP contribution in [0.5, 0.6) is 11.5 Å². The Morgan fingerprint density at radius 2 is 1.75 bits per heavy atom. The minimum atomic E-state index is -0.790. The summed E-state index contributed by atoms with van der Waals surface area (Å²) in [6.45, 7) is 6.14. The van der Waals surface area contributed by atoms with E-state index in [0.29, 0.717) is 30.4 Å². The largest absolute Gasteiger partial charge is 0.493 e. The average Bonchev–Trinajstić information content (AvgIpc) is 2.57. The standard InChI is InChI=1S/C18H27NO5/c1-12(2)11-19-18(21)13(3)24-17(20)9-7-14-6-8-15(22-4)16(10-14)23-5/h6,8,10,12-13H,7,9,11H2,1-5H3,(H,19,21)/t13-/m0/s1. The van der Waals surface area contributed by atoms with Gasteiger partial charge in [-0.3, -0.25) is 9.59 Å². The van der Waals surface area contributed by atoms with Crippen LogP contribution in [0.4, 0.5) is 0 Å². The van der Waals surface area contributed by atoms with E-state index in [2.05, 4.69) is 5.32 Å². The molecule has 24 heavy (non-hydrogen) atoms. The molecule has 6 nitrogen and oxygen atoms in total. The van der Waals surface area contributed by atoms with E-state index >= 15 is 0 Å². The quantitative estimate of drug-likeness (QED) is 0.700. The molecule has 0 spiro atoms. The Hall–Kier alpha value is -2.24. The number of aryl methyl sites for hydroxylation is 1. The van der Waals surface area contributed by atoms with E-state index in [1.54, 1.807) is 27.2 Å². The molecular formula is C18H27NO5. The maximum Gasteiger partial charge on any atom is 0.306 e. The van der Waals surface area contributed by atoms with Crippen molar-refractivity contribution in [3.05, 3.63) is 23.8 Å². The van der Waals surface area contributed by atoms with Crippen molar-refractivity contribution in [2.24, 2.45) is 5.92 Å². The van der Waals surface area contributed by atoms with Gasteiger partial charge in [0.2, 0.25) is 0 Å². The summed E-state index contributed by atoms with van der Waals surface area (Å²) in [4.78, 5) is 23.7. The first kappa shape index (κ1) is 19.8. The van der Waals surface area contributed by atoms with E-state index < -0.39 is 12.1 Å². The van der Waals surface area contributed by atoms with Crippen LogP contribution in [0, 0.1) is 5.92 Å². The van der Waals surface area contributed by atoms with Gasteiger partial charge in [0.1, 0.15) is 0 Å². The number of hydrogen-bond acceptors (Lipinski definition) is 5. The van der Waals surface area contributed by atoms with Gasteiger partial charge in [0.15, 0.2) is 17.6 Å². The van der Waals surface area contributed by atoms with Crippen molar-refractivity contribution in [2.45, 2.75) is 39.7 Å². The lowest BCUT2D eigenvalue weighted by Gasteiger charge is -2.14. The van der Waals surface area contributed by atoms with Crippen LogP contribution >= 0.6 is 0 Å². The van der Waals surface area contributed by atoms with Gasteiger partial charge in [0.05, 0.1) is 14.2 Å². The van der Waals surface area contributed by atoms with Crippen LogP contribution in [0.15, 0.2) is 18.2 Å². The van der Waals surface area contributed by atoms with Crippen LogP contribution < -0.4 is 14.8 Å². The van der Waals surface area contributed by atoms with Gasteiger partial charge in [-0.2, -0.15) is 0 Å². The van der Waals surface area contributed by atoms with Crippen molar-refractivity contribution >= 4 is 11.9 Å². The second kappa shape index (κ2) is 9.80. The Balaban J connectivity index is 2.47. The van der Waals surface area contributed by atoms with Gasteiger partial charge in [-0.15, -0.1) is 0 Å². The molecule has 1 atom stereocenters. The Morgan fingerprint density at radius 3 is 2.33 bits per heavy atom. The third-order valence-electron chi connectivity index (χ3n) is 3.43. The molecule has 0 saturated carbocycles. The zero-order valence-electron chi connectivity index (χ0n) is 15.0. The molecule has 1 amide bonds. The Labute approximate surface area is 143 Å². The maximum absolute atomic E-state index is 11.9. The zero-order chi connectivity index (χ0) is 18.1. The normalized spacial score (nSPS) is 11.8. The Bertz CT molecular complexity index is 556. The fourth-order valence-corrected chi connectivity index (χ4v) is 2.04. The van der Waals surface area contributed by atoms with E-state index in [0.717, 1.165) is 5.56 Å². The van der Waals surface area contributed by atoms with Crippen molar-refractivity contribution in [3.63, 3.8) is 0 Å². The molecule has 0 aromatic heterocycles. The zero-order valence-corrected chi connectivity index (χ0v) is 15.0. The fourth-order valence-electron chi connectivity index (χ4n) is 2.04. The summed E-state index contributed by atoms with van der Waals surface area (Å²) >= 11 is 0. The number of hydrogen-bond donors (Lipinski definition) is 1. The van der Waals surface area contributed by atoms with Crippen LogP contribution in [-0.2, 0) is 20.7 Å². The first-order chi connectivity index (χ1) is 11.4. The summed E-state index contributed by atoms with van der Waals surface area (Å²) in [5.41, 5.74) is 0.932. The molecule has 134 valence electrons. The highest BCUT2D eigenvalue weighted by molar-refractivity contribution is 5.83. The molecule has 0 fully saturated rings. The second-order valence-corrected chi connectivity index (χ2v) is 5.96. The van der Waals surface area contributed by atoms with E-state index in [1.165, 1.54) is 0 Å². The van der Waals surface area contributed by atoms with Gasteiger partial charge in [0, 0.05) is 13.0 Å². The first-order valence-electron chi connectivity index (χ1n) is 8.05. The van der Waals surface area contributed by atoms with Crippen LogP contribution in [-0.4, -0.2) is 38.7 Å². The minimum Gasteiger partial charge on any atom is -0.493 e. The van der Waals surface area contributed by atoms with E-state index in [1.807, 2.05) is 26.0 Å². The third kappa shape index (κ3) is 6.48. The number of amides is 1. The SMILES string of the molecule is COc1ccc(CCC(=O)O[C@@H](C)C(=O)NCC(C)C)cc1OC. The molecule has 0 bridgehead atoms. The van der Waals surface area contributed by atoms with Gasteiger partial charge < -0.3 is 19.5 Å². The molecule has 0 saturated heterocycles. The minimum absolute atomic E-state index is 0.192. The molecule has 0 aliphatic rings. The average molecular weight is 337 g/mol. The van der Waals surface area contributed by atoms with Gasteiger partial charge in [-0.25, -0.2) is 0 Å². The third-order valence-corrected chi connectivity index (χ3v) is 3.43. The lowest BCUT2D eigenvalue weighted by atomic mass is 10.1. The van der Waals surface area contributed by atoms with Crippen molar-refractivity contribution in [2.75, 3.05) is 20.8 Å². The Morgan fingerprint density at radius 1 is 1.08 bits per heavy atom. The highest BCUT2D eigenvalue weighted by Gasteiger charge is 2.17. The number of nitrogens with one attached hydrogen (secondary N) is 1. The summed E-state index contributed by atoms with van der Waals surface area (Å²) in [5, 5.41) is 2.74. The number of carbonyl (C=O) groups is 2. The molecule has 1 N–H and O–H groups in total.